The molecule has 5 nitrogen and oxygen atoms in total. The van der Waals surface area contributed by atoms with Crippen LogP contribution >= 0.6 is 0 Å². The van der Waals surface area contributed by atoms with E-state index in [-0.39, 0.29) is 6.42 Å². The van der Waals surface area contributed by atoms with Gasteiger partial charge in [-0.2, -0.15) is 0 Å². The fourth-order valence-corrected chi connectivity index (χ4v) is 0.621. The lowest BCUT2D eigenvalue weighted by Gasteiger charge is -2.13. The summed E-state index contributed by atoms with van der Waals surface area (Å²) in [7, 11) is 0. The quantitative estimate of drug-likeness (QED) is 0.485. The zero-order valence-electron chi connectivity index (χ0n) is 7.28. The minimum atomic E-state index is -1.16. The number of nitrogens with one attached hydrogen (secondary N) is 1. The van der Waals surface area contributed by atoms with E-state index in [1.165, 1.54) is 6.92 Å². The number of carboxylic acids is 1. The minimum absolute atomic E-state index is 0.0478. The van der Waals surface area contributed by atoms with Crippen LogP contribution in [0.3, 0.4) is 0 Å². The van der Waals surface area contributed by atoms with Crippen LogP contribution in [0.1, 0.15) is 13.3 Å². The van der Waals surface area contributed by atoms with Gasteiger partial charge in [-0.05, 0) is 6.92 Å². The summed E-state index contributed by atoms with van der Waals surface area (Å²) >= 11 is 0. The van der Waals surface area contributed by atoms with E-state index >= 15 is 0 Å². The number of carboxylic acid groups (broad SMARTS) is 1. The molecule has 2 atom stereocenters. The normalized spacial score (nSPS) is 13.9. The maximum absolute atomic E-state index is 11.0. The second-order valence-corrected chi connectivity index (χ2v) is 2.60. The Morgan fingerprint density at radius 1 is 1.69 bits per heavy atom. The van der Waals surface area contributed by atoms with Crippen molar-refractivity contribution in [3.05, 3.63) is 0 Å². The lowest BCUT2D eigenvalue weighted by Crippen LogP contribution is -2.47. The summed E-state index contributed by atoms with van der Waals surface area (Å²) in [6.45, 7) is 1.46. The number of rotatable bonds is 4. The van der Waals surface area contributed by atoms with Crippen molar-refractivity contribution < 1.29 is 14.7 Å². The van der Waals surface area contributed by atoms with Gasteiger partial charge in [0, 0.05) is 6.42 Å². The molecular formula is C8H12N2O3. The molecule has 0 aromatic carbocycles. The summed E-state index contributed by atoms with van der Waals surface area (Å²) in [4.78, 5) is 21.5. The lowest BCUT2D eigenvalue weighted by molar-refractivity contribution is -0.141. The smallest absolute Gasteiger partial charge is 0.327 e. The molecule has 0 aromatic heterocycles. The average molecular weight is 184 g/mol. The molecule has 0 aliphatic heterocycles. The molecule has 0 aliphatic carbocycles. The Labute approximate surface area is 76.3 Å². The summed E-state index contributed by atoms with van der Waals surface area (Å²) in [5, 5.41) is 10.8. The van der Waals surface area contributed by atoms with Crippen LogP contribution in [0.5, 0.6) is 0 Å². The van der Waals surface area contributed by atoms with E-state index in [0.29, 0.717) is 0 Å². The molecule has 0 heterocycles. The molecule has 0 radical (unpaired) electrons. The van der Waals surface area contributed by atoms with Gasteiger partial charge in [0.15, 0.2) is 0 Å². The number of carbonyl (C=O) groups is 2. The summed E-state index contributed by atoms with van der Waals surface area (Å²) in [6.07, 6.45) is 4.88. The number of hydrogen-bond donors (Lipinski definition) is 3. The van der Waals surface area contributed by atoms with Gasteiger partial charge in [0.1, 0.15) is 6.04 Å². The highest BCUT2D eigenvalue weighted by molar-refractivity contribution is 5.86. The maximum Gasteiger partial charge on any atom is 0.327 e. The predicted octanol–water partition coefficient (Wildman–Crippen LogP) is -1.07. The van der Waals surface area contributed by atoms with Gasteiger partial charge in [0.05, 0.1) is 6.04 Å². The first kappa shape index (κ1) is 11.5. The highest BCUT2D eigenvalue weighted by Crippen LogP contribution is 1.91. The van der Waals surface area contributed by atoms with Crippen molar-refractivity contribution in [1.29, 1.82) is 0 Å². The number of nitrogens with two attached hydrogens (primary N) is 1. The molecular weight excluding hydrogens is 172 g/mol. The van der Waals surface area contributed by atoms with Crippen LogP contribution in [-0.4, -0.2) is 29.1 Å². The van der Waals surface area contributed by atoms with Crippen molar-refractivity contribution in [1.82, 2.24) is 5.32 Å². The first-order valence-electron chi connectivity index (χ1n) is 3.71. The molecule has 0 aromatic rings. The number of carbonyl (C=O) groups excluding carboxylic acids is 1. The van der Waals surface area contributed by atoms with Gasteiger partial charge in [0.2, 0.25) is 5.91 Å². The van der Waals surface area contributed by atoms with Crippen LogP contribution in [0.4, 0.5) is 0 Å². The molecule has 0 saturated carbocycles. The molecule has 72 valence electrons. The SMILES string of the molecule is C#CC[C@@H](NC(=O)[C@@H](C)N)C(=O)O. The van der Waals surface area contributed by atoms with E-state index in [2.05, 4.69) is 11.2 Å². The molecule has 1 amide bonds. The fourth-order valence-electron chi connectivity index (χ4n) is 0.621. The Morgan fingerprint density at radius 3 is 2.54 bits per heavy atom. The topological polar surface area (TPSA) is 92.4 Å². The van der Waals surface area contributed by atoms with E-state index in [9.17, 15) is 9.59 Å². The summed E-state index contributed by atoms with van der Waals surface area (Å²) in [5.41, 5.74) is 5.22. The van der Waals surface area contributed by atoms with Crippen LogP contribution in [-0.2, 0) is 9.59 Å². The Hall–Kier alpha value is -1.54. The first-order chi connectivity index (χ1) is 5.99. The first-order valence-corrected chi connectivity index (χ1v) is 3.71. The molecule has 0 fully saturated rings. The van der Waals surface area contributed by atoms with Gasteiger partial charge >= 0.3 is 5.97 Å². The molecule has 0 aliphatic rings. The number of aliphatic carboxylic acids is 1. The van der Waals surface area contributed by atoms with Gasteiger partial charge in [-0.1, -0.05) is 0 Å². The Morgan fingerprint density at radius 2 is 2.23 bits per heavy atom. The van der Waals surface area contributed by atoms with Crippen molar-refractivity contribution in [3.63, 3.8) is 0 Å². The fraction of sp³-hybridized carbons (Fsp3) is 0.500. The number of terminal acetylenes is 1. The highest BCUT2D eigenvalue weighted by Gasteiger charge is 2.19. The predicted molar refractivity (Wildman–Crippen MR) is 46.7 cm³/mol. The number of hydrogen-bond acceptors (Lipinski definition) is 3. The van der Waals surface area contributed by atoms with E-state index in [1.807, 2.05) is 0 Å². The third-order valence-corrected chi connectivity index (χ3v) is 1.35. The summed E-state index contributed by atoms with van der Waals surface area (Å²) in [5.74, 6) is 0.471. The molecule has 5 heteroatoms. The van der Waals surface area contributed by atoms with E-state index in [1.54, 1.807) is 0 Å². The van der Waals surface area contributed by atoms with Crippen molar-refractivity contribution in [2.75, 3.05) is 0 Å². The van der Waals surface area contributed by atoms with E-state index in [0.717, 1.165) is 0 Å². The van der Waals surface area contributed by atoms with Crippen molar-refractivity contribution >= 4 is 11.9 Å². The Bertz CT molecular complexity index is 242. The monoisotopic (exact) mass is 184 g/mol. The molecule has 0 bridgehead atoms. The van der Waals surface area contributed by atoms with E-state index < -0.39 is 24.0 Å². The zero-order valence-corrected chi connectivity index (χ0v) is 7.28. The van der Waals surface area contributed by atoms with Crippen molar-refractivity contribution in [2.24, 2.45) is 5.73 Å². The third-order valence-electron chi connectivity index (χ3n) is 1.35. The Kier molecular flexibility index (Phi) is 4.55. The number of amides is 1. The lowest BCUT2D eigenvalue weighted by atomic mass is 10.2. The van der Waals surface area contributed by atoms with Crippen LogP contribution in [0.25, 0.3) is 0 Å². The van der Waals surface area contributed by atoms with Gasteiger partial charge in [0.25, 0.3) is 0 Å². The Balaban J connectivity index is 4.20. The van der Waals surface area contributed by atoms with E-state index in [4.69, 9.17) is 17.3 Å². The largest absolute Gasteiger partial charge is 0.480 e. The minimum Gasteiger partial charge on any atom is -0.480 e. The summed E-state index contributed by atoms with van der Waals surface area (Å²) < 4.78 is 0. The van der Waals surface area contributed by atoms with Crippen LogP contribution < -0.4 is 11.1 Å². The van der Waals surface area contributed by atoms with Gasteiger partial charge in [-0.25, -0.2) is 4.79 Å². The molecule has 0 rings (SSSR count). The second-order valence-electron chi connectivity index (χ2n) is 2.60. The second kappa shape index (κ2) is 5.17. The van der Waals surface area contributed by atoms with Crippen molar-refractivity contribution in [2.45, 2.75) is 25.4 Å². The average Bonchev–Trinajstić information content (AvgIpc) is 2.03. The van der Waals surface area contributed by atoms with Crippen LogP contribution in [0, 0.1) is 12.3 Å². The summed E-state index contributed by atoms with van der Waals surface area (Å²) in [6, 6.07) is -1.79. The molecule has 13 heavy (non-hydrogen) atoms. The maximum atomic E-state index is 11.0. The van der Waals surface area contributed by atoms with Crippen LogP contribution in [0.15, 0.2) is 0 Å². The van der Waals surface area contributed by atoms with Gasteiger partial charge < -0.3 is 16.2 Å². The molecule has 0 saturated heterocycles. The molecule has 0 spiro atoms. The van der Waals surface area contributed by atoms with Gasteiger partial charge in [-0.15, -0.1) is 12.3 Å². The molecule has 4 N–H and O–H groups in total. The molecule has 0 unspecified atom stereocenters. The highest BCUT2D eigenvalue weighted by atomic mass is 16.4. The standard InChI is InChI=1S/C8H12N2O3/c1-3-4-6(8(12)13)10-7(11)5(2)9/h1,5-6H,4,9H2,2H3,(H,10,11)(H,12,13)/t5-,6-/m1/s1. The van der Waals surface area contributed by atoms with Crippen molar-refractivity contribution in [3.8, 4) is 12.3 Å². The van der Waals surface area contributed by atoms with Crippen LogP contribution in [0.2, 0.25) is 0 Å². The third kappa shape index (κ3) is 4.13. The van der Waals surface area contributed by atoms with Gasteiger partial charge in [-0.3, -0.25) is 4.79 Å². The zero-order chi connectivity index (χ0) is 10.4.